The first kappa shape index (κ1) is 25.4. The first-order valence-corrected chi connectivity index (χ1v) is 16.1. The minimum absolute atomic E-state index is 0.209. The molecule has 0 heterocycles. The zero-order valence-corrected chi connectivity index (χ0v) is 23.6. The molecule has 184 valence electrons. The molecule has 3 unspecified atom stereocenters. The van der Waals surface area contributed by atoms with Crippen molar-refractivity contribution in [3.63, 3.8) is 0 Å². The standard InChI is InChI=1S/C34H38P2/c1-27(2)28-24-25-34(3,36(31-20-12-6-13-21-31)32-22-14-7-15-23-32)33(26-28)35(29-16-8-4-9-17-29)30-18-10-5-11-19-30/h4-23,27-28,33H,24-26H2,1-3H3. The molecule has 0 amide bonds. The number of rotatable bonds is 7. The van der Waals surface area contributed by atoms with Crippen LogP contribution in [0, 0.1) is 11.8 Å². The molecule has 0 aromatic heterocycles. The van der Waals surface area contributed by atoms with Gasteiger partial charge in [-0.25, -0.2) is 0 Å². The summed E-state index contributed by atoms with van der Waals surface area (Å²) in [4.78, 5) is 0. The summed E-state index contributed by atoms with van der Waals surface area (Å²) in [7, 11) is -1.03. The smallest absolute Gasteiger partial charge is 0.00310 e. The highest BCUT2D eigenvalue weighted by atomic mass is 31.1. The minimum atomic E-state index is -0.526. The van der Waals surface area contributed by atoms with Gasteiger partial charge in [-0.15, -0.1) is 0 Å². The molecule has 0 radical (unpaired) electrons. The van der Waals surface area contributed by atoms with E-state index in [0.717, 1.165) is 11.8 Å². The average Bonchev–Trinajstić information content (AvgIpc) is 2.92. The molecule has 0 spiro atoms. The Morgan fingerprint density at radius 3 is 1.39 bits per heavy atom. The second-order valence-corrected chi connectivity index (χ2v) is 15.8. The molecule has 0 aliphatic heterocycles. The van der Waals surface area contributed by atoms with Crippen LogP contribution >= 0.6 is 15.8 Å². The van der Waals surface area contributed by atoms with E-state index in [9.17, 15) is 0 Å². The van der Waals surface area contributed by atoms with Gasteiger partial charge in [0.25, 0.3) is 0 Å². The van der Waals surface area contributed by atoms with Crippen molar-refractivity contribution in [2.75, 3.05) is 0 Å². The van der Waals surface area contributed by atoms with Crippen molar-refractivity contribution in [2.24, 2.45) is 11.8 Å². The first-order chi connectivity index (χ1) is 17.6. The molecule has 36 heavy (non-hydrogen) atoms. The van der Waals surface area contributed by atoms with Crippen LogP contribution in [0.4, 0.5) is 0 Å². The summed E-state index contributed by atoms with van der Waals surface area (Å²) in [5.41, 5.74) is 0.616. The molecule has 1 fully saturated rings. The van der Waals surface area contributed by atoms with Crippen LogP contribution in [0.5, 0.6) is 0 Å². The summed E-state index contributed by atoms with van der Waals surface area (Å²) in [6, 6.07) is 45.7. The molecular formula is C34H38P2. The van der Waals surface area contributed by atoms with Gasteiger partial charge in [0, 0.05) is 5.16 Å². The Morgan fingerprint density at radius 1 is 0.611 bits per heavy atom. The molecule has 3 atom stereocenters. The maximum Gasteiger partial charge on any atom is 0.00310 e. The van der Waals surface area contributed by atoms with Gasteiger partial charge in [-0.05, 0) is 73.8 Å². The Hall–Kier alpha value is -2.26. The number of hydrogen-bond acceptors (Lipinski definition) is 0. The largest absolute Gasteiger partial charge is 0.0625 e. The van der Waals surface area contributed by atoms with Gasteiger partial charge in [0.05, 0.1) is 0 Å². The highest BCUT2D eigenvalue weighted by Crippen LogP contribution is 2.64. The predicted molar refractivity (Wildman–Crippen MR) is 163 cm³/mol. The molecule has 0 nitrogen and oxygen atoms in total. The number of benzene rings is 4. The van der Waals surface area contributed by atoms with E-state index < -0.39 is 15.8 Å². The molecule has 4 aromatic rings. The summed E-state index contributed by atoms with van der Waals surface area (Å²) >= 11 is 0. The lowest BCUT2D eigenvalue weighted by Gasteiger charge is -2.53. The van der Waals surface area contributed by atoms with Gasteiger partial charge < -0.3 is 0 Å². The fourth-order valence-corrected chi connectivity index (χ4v) is 13.2. The van der Waals surface area contributed by atoms with Gasteiger partial charge in [0.1, 0.15) is 0 Å². The molecule has 0 N–H and O–H groups in total. The molecule has 0 bridgehead atoms. The van der Waals surface area contributed by atoms with Crippen LogP contribution < -0.4 is 21.2 Å². The fourth-order valence-electron chi connectivity index (χ4n) is 6.13. The van der Waals surface area contributed by atoms with Crippen molar-refractivity contribution in [1.82, 2.24) is 0 Å². The lowest BCUT2D eigenvalue weighted by molar-refractivity contribution is 0.255. The molecular weight excluding hydrogens is 470 g/mol. The highest BCUT2D eigenvalue weighted by Gasteiger charge is 2.50. The van der Waals surface area contributed by atoms with Crippen molar-refractivity contribution in [1.29, 1.82) is 0 Å². The van der Waals surface area contributed by atoms with Crippen LogP contribution in [-0.2, 0) is 0 Å². The highest BCUT2D eigenvalue weighted by molar-refractivity contribution is 7.78. The summed E-state index contributed by atoms with van der Waals surface area (Å²) in [6.45, 7) is 7.53. The van der Waals surface area contributed by atoms with Crippen LogP contribution in [-0.4, -0.2) is 10.8 Å². The van der Waals surface area contributed by atoms with Crippen LogP contribution in [0.2, 0.25) is 0 Å². The van der Waals surface area contributed by atoms with Crippen LogP contribution in [0.15, 0.2) is 121 Å². The Bertz CT molecular complexity index is 1130. The van der Waals surface area contributed by atoms with Gasteiger partial charge in [-0.1, -0.05) is 142 Å². The minimum Gasteiger partial charge on any atom is -0.0625 e. The van der Waals surface area contributed by atoms with Gasteiger partial charge in [0.2, 0.25) is 0 Å². The average molecular weight is 509 g/mol. The normalized spacial score (nSPS) is 22.3. The Morgan fingerprint density at radius 2 is 1.00 bits per heavy atom. The van der Waals surface area contributed by atoms with Crippen molar-refractivity contribution in [3.8, 4) is 0 Å². The summed E-state index contributed by atoms with van der Waals surface area (Å²) in [5, 5.41) is 6.29. The van der Waals surface area contributed by atoms with Crippen molar-refractivity contribution in [3.05, 3.63) is 121 Å². The third kappa shape index (κ3) is 5.23. The van der Waals surface area contributed by atoms with Gasteiger partial charge in [0.15, 0.2) is 0 Å². The Kier molecular flexibility index (Phi) is 8.06. The fraction of sp³-hybridized carbons (Fsp3) is 0.294. The third-order valence-corrected chi connectivity index (χ3v) is 14.6. The molecule has 2 heteroatoms. The maximum absolute atomic E-state index is 2.65. The van der Waals surface area contributed by atoms with Gasteiger partial charge >= 0.3 is 0 Å². The maximum atomic E-state index is 2.65. The first-order valence-electron chi connectivity index (χ1n) is 13.4. The summed E-state index contributed by atoms with van der Waals surface area (Å²) < 4.78 is 0. The zero-order valence-electron chi connectivity index (χ0n) is 21.8. The van der Waals surface area contributed by atoms with Crippen molar-refractivity contribution >= 4 is 37.1 Å². The van der Waals surface area contributed by atoms with Gasteiger partial charge in [-0.2, -0.15) is 0 Å². The summed E-state index contributed by atoms with van der Waals surface area (Å²) in [5.74, 6) is 1.50. The molecule has 4 aromatic carbocycles. The zero-order chi connectivity index (χ0) is 25.0. The van der Waals surface area contributed by atoms with E-state index in [0.29, 0.717) is 5.66 Å². The lowest BCUT2D eigenvalue weighted by atomic mass is 9.76. The van der Waals surface area contributed by atoms with E-state index in [2.05, 4.69) is 142 Å². The van der Waals surface area contributed by atoms with E-state index in [1.165, 1.54) is 40.5 Å². The van der Waals surface area contributed by atoms with E-state index in [1.54, 1.807) is 0 Å². The molecule has 1 aliphatic carbocycles. The monoisotopic (exact) mass is 508 g/mol. The SMILES string of the molecule is CC(C)C1CCC(C)(P(c2ccccc2)c2ccccc2)C(P(c2ccccc2)c2ccccc2)C1. The third-order valence-electron chi connectivity index (χ3n) is 8.13. The molecule has 1 saturated carbocycles. The lowest BCUT2D eigenvalue weighted by Crippen LogP contribution is -2.49. The van der Waals surface area contributed by atoms with Crippen molar-refractivity contribution in [2.45, 2.75) is 50.8 Å². The van der Waals surface area contributed by atoms with E-state index >= 15 is 0 Å². The molecule has 1 aliphatic rings. The topological polar surface area (TPSA) is 0 Å². The van der Waals surface area contributed by atoms with Crippen LogP contribution in [0.3, 0.4) is 0 Å². The van der Waals surface area contributed by atoms with Crippen LogP contribution in [0.1, 0.15) is 40.0 Å². The van der Waals surface area contributed by atoms with Crippen LogP contribution in [0.25, 0.3) is 0 Å². The quantitative estimate of drug-likeness (QED) is 0.223. The molecule has 0 saturated heterocycles. The van der Waals surface area contributed by atoms with E-state index in [1.807, 2.05) is 0 Å². The second-order valence-electron chi connectivity index (χ2n) is 10.7. The second kappa shape index (κ2) is 11.4. The molecule has 5 rings (SSSR count). The van der Waals surface area contributed by atoms with Crippen molar-refractivity contribution < 1.29 is 0 Å². The summed E-state index contributed by atoms with van der Waals surface area (Å²) in [6.07, 6.45) is 3.92. The van der Waals surface area contributed by atoms with Gasteiger partial charge in [-0.3, -0.25) is 0 Å². The number of hydrogen-bond donors (Lipinski definition) is 0. The van der Waals surface area contributed by atoms with E-state index in [4.69, 9.17) is 0 Å². The van der Waals surface area contributed by atoms with E-state index in [-0.39, 0.29) is 5.16 Å². The predicted octanol–water partition coefficient (Wildman–Crippen LogP) is 7.84. The Balaban J connectivity index is 1.71. The Labute approximate surface area is 220 Å².